The van der Waals surface area contributed by atoms with E-state index in [-0.39, 0.29) is 17.5 Å². The Kier molecular flexibility index (Phi) is 5.31. The van der Waals surface area contributed by atoms with E-state index >= 15 is 0 Å². The number of hydrogen-bond donors (Lipinski definition) is 0. The Bertz CT molecular complexity index is 760. The van der Waals surface area contributed by atoms with Crippen LogP contribution in [0.25, 0.3) is 0 Å². The maximum Gasteiger partial charge on any atom is 0.218 e. The Labute approximate surface area is 143 Å². The van der Waals surface area contributed by atoms with E-state index in [2.05, 4.69) is 12.1 Å². The molecule has 1 saturated heterocycles. The highest BCUT2D eigenvalue weighted by atomic mass is 32.2. The van der Waals surface area contributed by atoms with Crippen molar-refractivity contribution in [2.24, 2.45) is 0 Å². The summed E-state index contributed by atoms with van der Waals surface area (Å²) in [5.74, 6) is -0.193. The van der Waals surface area contributed by atoms with Crippen molar-refractivity contribution in [3.63, 3.8) is 0 Å². The van der Waals surface area contributed by atoms with Gasteiger partial charge in [0.2, 0.25) is 10.0 Å². The van der Waals surface area contributed by atoms with Gasteiger partial charge < -0.3 is 0 Å². The van der Waals surface area contributed by atoms with Crippen LogP contribution < -0.4 is 0 Å². The largest absolute Gasteiger partial charge is 0.218 e. The predicted molar refractivity (Wildman–Crippen MR) is 93.6 cm³/mol. The lowest BCUT2D eigenvalue weighted by molar-refractivity contribution is 0.405. The third-order valence-electron chi connectivity index (χ3n) is 4.56. The lowest BCUT2D eigenvalue weighted by Crippen LogP contribution is -2.35. The van der Waals surface area contributed by atoms with Gasteiger partial charge in [-0.15, -0.1) is 0 Å². The molecule has 5 heteroatoms. The Hall–Kier alpha value is -1.72. The molecule has 24 heavy (non-hydrogen) atoms. The maximum absolute atomic E-state index is 13.0. The molecular formula is C19H22FNO2S. The van der Waals surface area contributed by atoms with E-state index in [0.717, 1.165) is 19.3 Å². The molecule has 2 aromatic carbocycles. The van der Waals surface area contributed by atoms with Gasteiger partial charge in [-0.3, -0.25) is 0 Å². The zero-order valence-electron chi connectivity index (χ0n) is 13.6. The molecule has 1 unspecified atom stereocenters. The Morgan fingerprint density at radius 1 is 1.00 bits per heavy atom. The topological polar surface area (TPSA) is 37.4 Å². The van der Waals surface area contributed by atoms with Crippen molar-refractivity contribution in [2.75, 3.05) is 13.1 Å². The van der Waals surface area contributed by atoms with Crippen molar-refractivity contribution < 1.29 is 12.8 Å². The molecule has 1 aliphatic rings. The second-order valence-electron chi connectivity index (χ2n) is 6.34. The minimum absolute atomic E-state index is 0.0746. The smallest absolute Gasteiger partial charge is 0.212 e. The number of sulfonamides is 1. The molecule has 1 heterocycles. The van der Waals surface area contributed by atoms with Gasteiger partial charge in [-0.2, -0.15) is 0 Å². The average molecular weight is 347 g/mol. The first-order chi connectivity index (χ1) is 11.5. The van der Waals surface area contributed by atoms with Crippen LogP contribution in [0.15, 0.2) is 54.6 Å². The molecule has 3 rings (SSSR count). The summed E-state index contributed by atoms with van der Waals surface area (Å²) in [6, 6.07) is 15.8. The molecule has 0 radical (unpaired) electrons. The fraction of sp³-hybridized carbons (Fsp3) is 0.368. The molecule has 0 bridgehead atoms. The zero-order valence-corrected chi connectivity index (χ0v) is 14.4. The minimum atomic E-state index is -3.40. The first-order valence-electron chi connectivity index (χ1n) is 8.32. The summed E-state index contributed by atoms with van der Waals surface area (Å²) in [5, 5.41) is 0. The van der Waals surface area contributed by atoms with E-state index in [1.54, 1.807) is 16.4 Å². The summed E-state index contributed by atoms with van der Waals surface area (Å²) >= 11 is 0. The summed E-state index contributed by atoms with van der Waals surface area (Å²) in [5.41, 5.74) is 1.82. The van der Waals surface area contributed by atoms with Crippen molar-refractivity contribution >= 4 is 10.0 Å². The van der Waals surface area contributed by atoms with Gasteiger partial charge in [-0.1, -0.05) is 48.9 Å². The van der Waals surface area contributed by atoms with Crippen LogP contribution in [-0.2, 0) is 15.8 Å². The van der Waals surface area contributed by atoms with Crippen LogP contribution >= 0.6 is 0 Å². The third kappa shape index (κ3) is 4.22. The minimum Gasteiger partial charge on any atom is -0.212 e. The molecule has 0 aliphatic carbocycles. The van der Waals surface area contributed by atoms with Crippen molar-refractivity contribution in [2.45, 2.75) is 30.9 Å². The SMILES string of the molecule is O=S(=O)(Cc1ccc(F)cc1)N1CCCCC(c2ccccc2)C1. The lowest BCUT2D eigenvalue weighted by Gasteiger charge is -2.24. The van der Waals surface area contributed by atoms with Gasteiger partial charge in [0.15, 0.2) is 0 Å². The average Bonchev–Trinajstić information content (AvgIpc) is 2.84. The van der Waals surface area contributed by atoms with Crippen molar-refractivity contribution in [3.05, 3.63) is 71.5 Å². The molecule has 1 fully saturated rings. The second-order valence-corrected chi connectivity index (χ2v) is 8.31. The van der Waals surface area contributed by atoms with Crippen molar-refractivity contribution in [3.8, 4) is 0 Å². The lowest BCUT2D eigenvalue weighted by atomic mass is 9.95. The Morgan fingerprint density at radius 2 is 1.71 bits per heavy atom. The summed E-state index contributed by atoms with van der Waals surface area (Å²) in [7, 11) is -3.40. The molecule has 1 atom stereocenters. The van der Waals surface area contributed by atoms with Crippen molar-refractivity contribution in [1.29, 1.82) is 0 Å². The van der Waals surface area contributed by atoms with E-state index in [0.29, 0.717) is 18.7 Å². The quantitative estimate of drug-likeness (QED) is 0.840. The second kappa shape index (κ2) is 7.45. The van der Waals surface area contributed by atoms with Crippen LogP contribution in [0, 0.1) is 5.82 Å². The molecule has 0 N–H and O–H groups in total. The van der Waals surface area contributed by atoms with E-state index in [1.807, 2.05) is 18.2 Å². The fourth-order valence-corrected chi connectivity index (χ4v) is 4.85. The fourth-order valence-electron chi connectivity index (χ4n) is 3.24. The molecule has 0 spiro atoms. The van der Waals surface area contributed by atoms with Crippen molar-refractivity contribution in [1.82, 2.24) is 4.31 Å². The van der Waals surface area contributed by atoms with Gasteiger partial charge in [0, 0.05) is 13.1 Å². The predicted octanol–water partition coefficient (Wildman–Crippen LogP) is 3.93. The van der Waals surface area contributed by atoms with E-state index in [1.165, 1.54) is 17.7 Å². The van der Waals surface area contributed by atoms with Gasteiger partial charge in [0.25, 0.3) is 0 Å². The van der Waals surface area contributed by atoms with Crippen LogP contribution in [0.3, 0.4) is 0 Å². The number of rotatable bonds is 4. The molecule has 0 amide bonds. The molecule has 0 saturated carbocycles. The number of hydrogen-bond acceptors (Lipinski definition) is 2. The van der Waals surface area contributed by atoms with E-state index < -0.39 is 10.0 Å². The normalized spacial score (nSPS) is 19.8. The van der Waals surface area contributed by atoms with Gasteiger partial charge in [-0.25, -0.2) is 17.1 Å². The summed E-state index contributed by atoms with van der Waals surface area (Å²) in [4.78, 5) is 0. The van der Waals surface area contributed by atoms with Gasteiger partial charge >= 0.3 is 0 Å². The van der Waals surface area contributed by atoms with Gasteiger partial charge in [0.05, 0.1) is 5.75 Å². The van der Waals surface area contributed by atoms with E-state index in [9.17, 15) is 12.8 Å². The number of halogens is 1. The Morgan fingerprint density at radius 3 is 2.42 bits per heavy atom. The highest BCUT2D eigenvalue weighted by Gasteiger charge is 2.28. The van der Waals surface area contributed by atoms with E-state index in [4.69, 9.17) is 0 Å². The summed E-state index contributed by atoms with van der Waals surface area (Å²) < 4.78 is 40.2. The monoisotopic (exact) mass is 347 g/mol. The number of nitrogens with zero attached hydrogens (tertiary/aromatic N) is 1. The molecule has 3 nitrogen and oxygen atoms in total. The summed E-state index contributed by atoms with van der Waals surface area (Å²) in [6.45, 7) is 1.08. The highest BCUT2D eigenvalue weighted by Crippen LogP contribution is 2.28. The molecule has 128 valence electrons. The molecular weight excluding hydrogens is 325 g/mol. The van der Waals surface area contributed by atoms with Crippen LogP contribution in [0.2, 0.25) is 0 Å². The molecule has 1 aliphatic heterocycles. The van der Waals surface area contributed by atoms with Crippen LogP contribution in [0.5, 0.6) is 0 Å². The summed E-state index contributed by atoms with van der Waals surface area (Å²) in [6.07, 6.45) is 2.92. The standard InChI is InChI=1S/C19H22FNO2S/c20-19-11-9-16(10-12-19)15-24(22,23)21-13-5-4-8-18(14-21)17-6-2-1-3-7-17/h1-3,6-7,9-12,18H,4-5,8,13-15H2. The van der Waals surface area contributed by atoms with Gasteiger partial charge in [0.1, 0.15) is 5.82 Å². The Balaban J connectivity index is 1.77. The highest BCUT2D eigenvalue weighted by molar-refractivity contribution is 7.88. The third-order valence-corrected chi connectivity index (χ3v) is 6.38. The molecule has 2 aromatic rings. The first kappa shape index (κ1) is 17.1. The first-order valence-corrected chi connectivity index (χ1v) is 9.93. The van der Waals surface area contributed by atoms with Crippen LogP contribution in [0.1, 0.15) is 36.3 Å². The van der Waals surface area contributed by atoms with Crippen LogP contribution in [-0.4, -0.2) is 25.8 Å². The number of benzene rings is 2. The van der Waals surface area contributed by atoms with Gasteiger partial charge in [-0.05, 0) is 42.0 Å². The van der Waals surface area contributed by atoms with Crippen LogP contribution in [0.4, 0.5) is 4.39 Å². The maximum atomic E-state index is 13.0. The molecule has 0 aromatic heterocycles. The zero-order chi connectivity index (χ0) is 17.0.